The molecule has 1 atom stereocenters. The Morgan fingerprint density at radius 1 is 1.22 bits per heavy atom. The van der Waals surface area contributed by atoms with Crippen LogP contribution in [0.25, 0.3) is 0 Å². The fourth-order valence-electron chi connectivity index (χ4n) is 3.58. The highest BCUT2D eigenvalue weighted by Gasteiger charge is 2.38. The zero-order valence-corrected chi connectivity index (χ0v) is 11.3. The lowest BCUT2D eigenvalue weighted by Crippen LogP contribution is -2.57. The molecule has 0 aliphatic carbocycles. The molecular weight excluding hydrogens is 228 g/mol. The molecule has 0 aromatic carbocycles. The molecule has 104 valence electrons. The van der Waals surface area contributed by atoms with Crippen LogP contribution in [0.15, 0.2) is 0 Å². The van der Waals surface area contributed by atoms with Crippen LogP contribution < -0.4 is 5.32 Å². The van der Waals surface area contributed by atoms with Crippen molar-refractivity contribution in [2.24, 2.45) is 5.92 Å². The Kier molecular flexibility index (Phi) is 4.19. The van der Waals surface area contributed by atoms with E-state index in [1.165, 1.54) is 32.2 Å². The zero-order valence-electron chi connectivity index (χ0n) is 11.3. The van der Waals surface area contributed by atoms with E-state index in [0.717, 1.165) is 51.9 Å². The van der Waals surface area contributed by atoms with Crippen molar-refractivity contribution < 1.29 is 9.47 Å². The second kappa shape index (κ2) is 5.87. The third kappa shape index (κ3) is 3.05. The fraction of sp³-hybridized carbons (Fsp3) is 1.00. The Balaban J connectivity index is 1.52. The SMILES string of the molecule is C1COCC(CN2CCOC3(CCNCC3)C2)C1. The molecule has 1 unspecified atom stereocenters. The van der Waals surface area contributed by atoms with Gasteiger partial charge in [-0.2, -0.15) is 0 Å². The maximum Gasteiger partial charge on any atom is 0.0833 e. The van der Waals surface area contributed by atoms with Crippen molar-refractivity contribution in [3.05, 3.63) is 0 Å². The van der Waals surface area contributed by atoms with Crippen LogP contribution in [0.4, 0.5) is 0 Å². The highest BCUT2D eigenvalue weighted by atomic mass is 16.5. The molecule has 0 aromatic heterocycles. The summed E-state index contributed by atoms with van der Waals surface area (Å²) in [5, 5.41) is 3.43. The molecule has 3 aliphatic rings. The van der Waals surface area contributed by atoms with Crippen molar-refractivity contribution in [3.63, 3.8) is 0 Å². The molecular formula is C14H26N2O2. The molecule has 3 aliphatic heterocycles. The van der Waals surface area contributed by atoms with Gasteiger partial charge in [0.2, 0.25) is 0 Å². The van der Waals surface area contributed by atoms with Gasteiger partial charge in [0.25, 0.3) is 0 Å². The average molecular weight is 254 g/mol. The number of rotatable bonds is 2. The summed E-state index contributed by atoms with van der Waals surface area (Å²) in [7, 11) is 0. The molecule has 0 bridgehead atoms. The first-order valence-electron chi connectivity index (χ1n) is 7.51. The van der Waals surface area contributed by atoms with E-state index in [4.69, 9.17) is 9.47 Å². The highest BCUT2D eigenvalue weighted by Crippen LogP contribution is 2.28. The maximum absolute atomic E-state index is 6.11. The molecule has 4 heteroatoms. The first-order valence-corrected chi connectivity index (χ1v) is 7.51. The second-order valence-corrected chi connectivity index (χ2v) is 6.10. The van der Waals surface area contributed by atoms with Gasteiger partial charge < -0.3 is 14.8 Å². The second-order valence-electron chi connectivity index (χ2n) is 6.10. The molecule has 0 amide bonds. The molecule has 1 spiro atoms. The molecule has 1 N–H and O–H groups in total. The van der Waals surface area contributed by atoms with Gasteiger partial charge in [-0.05, 0) is 44.7 Å². The van der Waals surface area contributed by atoms with E-state index in [2.05, 4.69) is 10.2 Å². The predicted octanol–water partition coefficient (Wildman–Crippen LogP) is 0.867. The van der Waals surface area contributed by atoms with Crippen LogP contribution in [0, 0.1) is 5.92 Å². The van der Waals surface area contributed by atoms with Gasteiger partial charge in [-0.1, -0.05) is 0 Å². The minimum absolute atomic E-state index is 0.152. The molecule has 0 aromatic rings. The van der Waals surface area contributed by atoms with Crippen LogP contribution >= 0.6 is 0 Å². The van der Waals surface area contributed by atoms with E-state index < -0.39 is 0 Å². The molecule has 3 rings (SSSR count). The lowest BCUT2D eigenvalue weighted by atomic mass is 9.89. The standard InChI is InChI=1S/C14H26N2O2/c1-2-13(11-17-8-1)10-16-7-9-18-14(12-16)3-5-15-6-4-14/h13,15H,1-12H2. The smallest absolute Gasteiger partial charge is 0.0833 e. The Labute approximate surface area is 110 Å². The number of nitrogens with zero attached hydrogens (tertiary/aromatic N) is 1. The monoisotopic (exact) mass is 254 g/mol. The minimum atomic E-state index is 0.152. The van der Waals surface area contributed by atoms with Gasteiger partial charge >= 0.3 is 0 Å². The normalized spacial score (nSPS) is 33.7. The fourth-order valence-corrected chi connectivity index (χ4v) is 3.58. The van der Waals surface area contributed by atoms with Crippen LogP contribution in [0.2, 0.25) is 0 Å². The summed E-state index contributed by atoms with van der Waals surface area (Å²) >= 11 is 0. The molecule has 3 fully saturated rings. The van der Waals surface area contributed by atoms with Crippen molar-refractivity contribution in [2.45, 2.75) is 31.3 Å². The first-order chi connectivity index (χ1) is 8.86. The summed E-state index contributed by atoms with van der Waals surface area (Å²) in [6.07, 6.45) is 4.92. The van der Waals surface area contributed by atoms with E-state index in [9.17, 15) is 0 Å². The zero-order chi connectivity index (χ0) is 12.3. The third-order valence-corrected chi connectivity index (χ3v) is 4.61. The number of morpholine rings is 1. The van der Waals surface area contributed by atoms with Crippen molar-refractivity contribution in [3.8, 4) is 0 Å². The van der Waals surface area contributed by atoms with Crippen LogP contribution in [0.1, 0.15) is 25.7 Å². The minimum Gasteiger partial charge on any atom is -0.381 e. The van der Waals surface area contributed by atoms with Crippen molar-refractivity contribution in [2.75, 3.05) is 52.5 Å². The van der Waals surface area contributed by atoms with E-state index in [1.54, 1.807) is 0 Å². The summed E-state index contributed by atoms with van der Waals surface area (Å²) in [5.41, 5.74) is 0.152. The molecule has 4 nitrogen and oxygen atoms in total. The average Bonchev–Trinajstić information content (AvgIpc) is 2.41. The highest BCUT2D eigenvalue weighted by molar-refractivity contribution is 4.92. The molecule has 18 heavy (non-hydrogen) atoms. The topological polar surface area (TPSA) is 33.7 Å². The number of hydrogen-bond acceptors (Lipinski definition) is 4. The number of nitrogens with one attached hydrogen (secondary N) is 1. The summed E-state index contributed by atoms with van der Waals surface area (Å²) in [4.78, 5) is 2.62. The molecule has 0 saturated carbocycles. The van der Waals surface area contributed by atoms with E-state index in [-0.39, 0.29) is 5.60 Å². The summed E-state index contributed by atoms with van der Waals surface area (Å²) in [6, 6.07) is 0. The number of hydrogen-bond donors (Lipinski definition) is 1. The molecule has 3 saturated heterocycles. The molecule has 3 heterocycles. The van der Waals surface area contributed by atoms with E-state index in [1.807, 2.05) is 0 Å². The van der Waals surface area contributed by atoms with Crippen LogP contribution in [-0.2, 0) is 9.47 Å². The summed E-state index contributed by atoms with van der Waals surface area (Å²) in [6.45, 7) is 8.50. The van der Waals surface area contributed by atoms with Gasteiger partial charge in [-0.3, -0.25) is 4.90 Å². The summed E-state index contributed by atoms with van der Waals surface area (Å²) in [5.74, 6) is 0.746. The van der Waals surface area contributed by atoms with Gasteiger partial charge in [-0.15, -0.1) is 0 Å². The van der Waals surface area contributed by atoms with Gasteiger partial charge in [-0.25, -0.2) is 0 Å². The quantitative estimate of drug-likeness (QED) is 0.793. The van der Waals surface area contributed by atoms with Crippen molar-refractivity contribution >= 4 is 0 Å². The Morgan fingerprint density at radius 3 is 2.89 bits per heavy atom. The van der Waals surface area contributed by atoms with E-state index in [0.29, 0.717) is 0 Å². The largest absolute Gasteiger partial charge is 0.381 e. The van der Waals surface area contributed by atoms with Crippen LogP contribution in [0.3, 0.4) is 0 Å². The first kappa shape index (κ1) is 12.9. The van der Waals surface area contributed by atoms with Crippen LogP contribution in [0.5, 0.6) is 0 Å². The van der Waals surface area contributed by atoms with Gasteiger partial charge in [0, 0.05) is 26.2 Å². The number of piperidine rings is 1. The van der Waals surface area contributed by atoms with E-state index >= 15 is 0 Å². The Bertz CT molecular complexity index is 255. The van der Waals surface area contributed by atoms with Gasteiger partial charge in [0.05, 0.1) is 18.8 Å². The van der Waals surface area contributed by atoms with Crippen molar-refractivity contribution in [1.29, 1.82) is 0 Å². The van der Waals surface area contributed by atoms with Crippen molar-refractivity contribution in [1.82, 2.24) is 10.2 Å². The lowest BCUT2D eigenvalue weighted by Gasteiger charge is -2.46. The Morgan fingerprint density at radius 2 is 2.11 bits per heavy atom. The predicted molar refractivity (Wildman–Crippen MR) is 70.8 cm³/mol. The molecule has 0 radical (unpaired) electrons. The lowest BCUT2D eigenvalue weighted by molar-refractivity contribution is -0.128. The Hall–Kier alpha value is -0.160. The van der Waals surface area contributed by atoms with Gasteiger partial charge in [0.15, 0.2) is 0 Å². The summed E-state index contributed by atoms with van der Waals surface area (Å²) < 4.78 is 11.7. The maximum atomic E-state index is 6.11. The van der Waals surface area contributed by atoms with Gasteiger partial charge in [0.1, 0.15) is 0 Å². The number of ether oxygens (including phenoxy) is 2. The van der Waals surface area contributed by atoms with Crippen LogP contribution in [-0.4, -0.2) is 63.0 Å². The third-order valence-electron chi connectivity index (χ3n) is 4.61.